The first-order valence-corrected chi connectivity index (χ1v) is 13.2. The van der Waals surface area contributed by atoms with Gasteiger partial charge in [-0.25, -0.2) is 0 Å². The van der Waals surface area contributed by atoms with E-state index in [2.05, 4.69) is 32.0 Å². The van der Waals surface area contributed by atoms with Crippen molar-refractivity contribution in [1.29, 1.82) is 0 Å². The fraction of sp³-hybridized carbons (Fsp3) is 0.400. The maximum atomic E-state index is 10.8. The summed E-state index contributed by atoms with van der Waals surface area (Å²) in [5, 5.41) is 29.2. The van der Waals surface area contributed by atoms with Crippen LogP contribution in [-0.4, -0.2) is 47.3 Å². The first kappa shape index (κ1) is 28.1. The number of ether oxygens (including phenoxy) is 2. The Labute approximate surface area is 219 Å². The summed E-state index contributed by atoms with van der Waals surface area (Å²) in [4.78, 5) is 2.17. The molecule has 0 saturated carbocycles. The number of aliphatic hydroxyl groups excluding tert-OH is 3. The maximum absolute atomic E-state index is 10.8. The summed E-state index contributed by atoms with van der Waals surface area (Å²) < 4.78 is 11.6. The molecule has 0 aliphatic rings. The quantitative estimate of drug-likeness (QED) is 0.278. The van der Waals surface area contributed by atoms with Crippen molar-refractivity contribution in [2.75, 3.05) is 19.8 Å². The number of hydrogen-bond acceptors (Lipinski definition) is 6. The molecule has 0 spiro atoms. The minimum absolute atomic E-state index is 0.0589. The Morgan fingerprint density at radius 1 is 0.806 bits per heavy atom. The molecule has 3 aromatic carbocycles. The highest BCUT2D eigenvalue weighted by Crippen LogP contribution is 2.34. The smallest absolute Gasteiger partial charge is 0.122 e. The van der Waals surface area contributed by atoms with E-state index in [1.807, 2.05) is 62.4 Å². The zero-order valence-electron chi connectivity index (χ0n) is 21.6. The molecule has 36 heavy (non-hydrogen) atoms. The van der Waals surface area contributed by atoms with Gasteiger partial charge in [0.25, 0.3) is 0 Å². The molecule has 194 valence electrons. The molecule has 6 heteroatoms. The van der Waals surface area contributed by atoms with Gasteiger partial charge in [0.1, 0.15) is 30.8 Å². The molecule has 2 atom stereocenters. The van der Waals surface area contributed by atoms with Crippen LogP contribution in [-0.2, 0) is 6.42 Å². The Bertz CT molecular complexity index is 1100. The molecule has 0 bridgehead atoms. The fourth-order valence-electron chi connectivity index (χ4n) is 3.74. The lowest BCUT2D eigenvalue weighted by atomic mass is 9.81. The van der Waals surface area contributed by atoms with E-state index in [0.29, 0.717) is 5.75 Å². The number of hydrogen-bond donors (Lipinski definition) is 3. The first-order valence-electron chi connectivity index (χ1n) is 12.3. The average Bonchev–Trinajstić information content (AvgIpc) is 2.86. The van der Waals surface area contributed by atoms with Crippen LogP contribution in [0.4, 0.5) is 0 Å². The summed E-state index contributed by atoms with van der Waals surface area (Å²) in [5.41, 5.74) is 3.00. The lowest BCUT2D eigenvalue weighted by Gasteiger charge is -2.30. The lowest BCUT2D eigenvalue weighted by molar-refractivity contribution is 0.00703. The average molecular weight is 511 g/mol. The minimum atomic E-state index is -0.886. The van der Waals surface area contributed by atoms with Crippen LogP contribution in [0.3, 0.4) is 0 Å². The molecular weight excluding hydrogens is 472 g/mol. The van der Waals surface area contributed by atoms with Crippen molar-refractivity contribution in [3.8, 4) is 11.5 Å². The second-order valence-corrected chi connectivity index (χ2v) is 11.1. The first-order chi connectivity index (χ1) is 17.2. The van der Waals surface area contributed by atoms with E-state index in [4.69, 9.17) is 14.6 Å². The van der Waals surface area contributed by atoms with Crippen molar-refractivity contribution in [2.45, 2.75) is 62.5 Å². The van der Waals surface area contributed by atoms with Crippen molar-refractivity contribution >= 4 is 11.8 Å². The van der Waals surface area contributed by atoms with Gasteiger partial charge in [-0.3, -0.25) is 0 Å². The topological polar surface area (TPSA) is 79.2 Å². The molecule has 0 saturated heterocycles. The van der Waals surface area contributed by atoms with Gasteiger partial charge in [0, 0.05) is 9.79 Å². The predicted octanol–water partition coefficient (Wildman–Crippen LogP) is 5.59. The largest absolute Gasteiger partial charge is 0.491 e. The van der Waals surface area contributed by atoms with Gasteiger partial charge in [0.15, 0.2) is 0 Å². The van der Waals surface area contributed by atoms with Gasteiger partial charge in [0.2, 0.25) is 0 Å². The van der Waals surface area contributed by atoms with Crippen LogP contribution < -0.4 is 9.47 Å². The third-order valence-corrected chi connectivity index (χ3v) is 7.35. The molecule has 0 aromatic heterocycles. The standard InChI is InChI=1S/C30H38O5S/c1-21-16-25(10-12-27(21)34-19-24(32)18-31)36-26-11-13-28(22(2)17-26)35-20-29(33)30(3,4)15-14-23-8-6-5-7-9-23/h5-13,16-17,24,29,31-33H,14-15,18-20H2,1-4H3. The van der Waals surface area contributed by atoms with Crippen LogP contribution in [0.5, 0.6) is 11.5 Å². The normalized spacial score (nSPS) is 13.3. The summed E-state index contributed by atoms with van der Waals surface area (Å²) in [5.74, 6) is 1.47. The van der Waals surface area contributed by atoms with Gasteiger partial charge in [-0.05, 0) is 85.2 Å². The summed E-state index contributed by atoms with van der Waals surface area (Å²) in [6.07, 6.45) is 0.342. The second-order valence-electron chi connectivity index (χ2n) is 9.91. The zero-order chi connectivity index (χ0) is 26.1. The van der Waals surface area contributed by atoms with Crippen LogP contribution in [0, 0.1) is 19.3 Å². The Balaban J connectivity index is 1.54. The van der Waals surface area contributed by atoms with Crippen molar-refractivity contribution in [3.63, 3.8) is 0 Å². The number of aryl methyl sites for hydroxylation is 3. The van der Waals surface area contributed by atoms with E-state index in [1.165, 1.54) is 5.56 Å². The summed E-state index contributed by atoms with van der Waals surface area (Å²) >= 11 is 1.65. The maximum Gasteiger partial charge on any atom is 0.122 e. The molecule has 0 amide bonds. The summed E-state index contributed by atoms with van der Waals surface area (Å²) in [6.45, 7) is 8.13. The summed E-state index contributed by atoms with van der Waals surface area (Å²) in [6, 6.07) is 22.3. The molecule has 0 fully saturated rings. The van der Waals surface area contributed by atoms with Gasteiger partial charge in [-0.15, -0.1) is 0 Å². The van der Waals surface area contributed by atoms with Gasteiger partial charge >= 0.3 is 0 Å². The third kappa shape index (κ3) is 8.27. The van der Waals surface area contributed by atoms with Crippen LogP contribution in [0.25, 0.3) is 0 Å². The van der Waals surface area contributed by atoms with Crippen molar-refractivity contribution in [1.82, 2.24) is 0 Å². The highest BCUT2D eigenvalue weighted by atomic mass is 32.2. The van der Waals surface area contributed by atoms with Crippen LogP contribution in [0.1, 0.15) is 37.0 Å². The molecule has 0 aliphatic carbocycles. The molecule has 0 radical (unpaired) electrons. The molecule has 3 aromatic rings. The summed E-state index contributed by atoms with van der Waals surface area (Å²) in [7, 11) is 0. The number of benzene rings is 3. The van der Waals surface area contributed by atoms with Crippen molar-refractivity contribution in [3.05, 3.63) is 83.4 Å². The van der Waals surface area contributed by atoms with E-state index in [1.54, 1.807) is 11.8 Å². The SMILES string of the molecule is Cc1cc(Sc2ccc(OCC(O)C(C)(C)CCc3ccccc3)c(C)c2)ccc1OCC(O)CO. The molecule has 3 rings (SSSR count). The van der Waals surface area contributed by atoms with Gasteiger partial charge in [-0.2, -0.15) is 0 Å². The zero-order valence-corrected chi connectivity index (χ0v) is 22.4. The monoisotopic (exact) mass is 510 g/mol. The molecule has 5 nitrogen and oxygen atoms in total. The van der Waals surface area contributed by atoms with Gasteiger partial charge in [-0.1, -0.05) is 55.9 Å². The molecule has 0 aliphatic heterocycles. The van der Waals surface area contributed by atoms with E-state index >= 15 is 0 Å². The molecule has 2 unspecified atom stereocenters. The van der Waals surface area contributed by atoms with Crippen LogP contribution in [0.2, 0.25) is 0 Å². The molecular formula is C30H38O5S. The van der Waals surface area contributed by atoms with E-state index in [9.17, 15) is 10.2 Å². The van der Waals surface area contributed by atoms with E-state index < -0.39 is 12.2 Å². The fourth-order valence-corrected chi connectivity index (χ4v) is 4.76. The van der Waals surface area contributed by atoms with Crippen molar-refractivity contribution < 1.29 is 24.8 Å². The Kier molecular flexibility index (Phi) is 10.3. The highest BCUT2D eigenvalue weighted by Gasteiger charge is 2.28. The lowest BCUT2D eigenvalue weighted by Crippen LogP contribution is -2.35. The third-order valence-electron chi connectivity index (χ3n) is 6.37. The van der Waals surface area contributed by atoms with Crippen LogP contribution >= 0.6 is 11.8 Å². The van der Waals surface area contributed by atoms with E-state index in [-0.39, 0.29) is 25.2 Å². The number of rotatable bonds is 13. The predicted molar refractivity (Wildman–Crippen MR) is 145 cm³/mol. The number of aliphatic hydroxyl groups is 3. The van der Waals surface area contributed by atoms with Crippen LogP contribution in [0.15, 0.2) is 76.5 Å². The second kappa shape index (κ2) is 13.2. The van der Waals surface area contributed by atoms with E-state index in [0.717, 1.165) is 39.5 Å². The van der Waals surface area contributed by atoms with Crippen molar-refractivity contribution in [2.24, 2.45) is 5.41 Å². The Morgan fingerprint density at radius 3 is 1.89 bits per heavy atom. The van der Waals surface area contributed by atoms with Gasteiger partial charge in [0.05, 0.1) is 12.7 Å². The highest BCUT2D eigenvalue weighted by molar-refractivity contribution is 7.99. The molecule has 3 N–H and O–H groups in total. The van der Waals surface area contributed by atoms with Gasteiger partial charge < -0.3 is 24.8 Å². The minimum Gasteiger partial charge on any atom is -0.491 e. The molecule has 0 heterocycles. The Hall–Kier alpha value is -2.51. The Morgan fingerprint density at radius 2 is 1.36 bits per heavy atom.